The number of nitrogens with two attached hydrogens (primary N) is 3. The predicted octanol–water partition coefficient (Wildman–Crippen LogP) is 8.86. The first-order chi connectivity index (χ1) is 37.5. The van der Waals surface area contributed by atoms with Crippen molar-refractivity contribution in [2.75, 3.05) is 84.3 Å². The van der Waals surface area contributed by atoms with Crippen LogP contribution in [-0.2, 0) is 0 Å². The average Bonchev–Trinajstić information content (AvgIpc) is 3.98. The fraction of sp³-hybridized carbons (Fsp3) is 0.475. The van der Waals surface area contributed by atoms with Crippen molar-refractivity contribution in [3.63, 3.8) is 0 Å². The van der Waals surface area contributed by atoms with Gasteiger partial charge in [-0.25, -0.2) is 29.9 Å². The van der Waals surface area contributed by atoms with Gasteiger partial charge in [0.1, 0.15) is 46.3 Å². The molecular weight excluding hydrogens is 999 g/mol. The van der Waals surface area contributed by atoms with Gasteiger partial charge in [0.25, 0.3) is 0 Å². The molecule has 3 saturated heterocycles. The Morgan fingerprint density at radius 1 is 0.590 bits per heavy atom. The van der Waals surface area contributed by atoms with Gasteiger partial charge in [0, 0.05) is 106 Å². The Bertz CT molecular complexity index is 2950. The number of nitrogen functional groups attached to an aromatic ring is 3. The highest BCUT2D eigenvalue weighted by atomic mass is 32.1. The zero-order valence-corrected chi connectivity index (χ0v) is 47.6. The minimum absolute atomic E-state index is 0. The number of rotatable bonds is 17. The normalized spacial score (nSPS) is 18.5. The number of anilines is 6. The van der Waals surface area contributed by atoms with E-state index in [1.165, 1.54) is 11.3 Å². The van der Waals surface area contributed by atoms with E-state index in [2.05, 4.69) is 109 Å². The molecule has 6 aromatic rings. The Balaban J connectivity index is 0.000000316. The number of aryl methyl sites for hydroxylation is 1. The van der Waals surface area contributed by atoms with E-state index in [1.807, 2.05) is 36.6 Å². The summed E-state index contributed by atoms with van der Waals surface area (Å²) in [4.78, 5) is 71.0. The van der Waals surface area contributed by atoms with Crippen molar-refractivity contribution in [3.05, 3.63) is 129 Å². The third-order valence-corrected chi connectivity index (χ3v) is 14.7. The van der Waals surface area contributed by atoms with Crippen molar-refractivity contribution in [1.29, 1.82) is 0 Å². The minimum Gasteiger partial charge on any atom is -0.383 e. The number of hydrogen-bond acceptors (Lipinski definition) is 19. The Morgan fingerprint density at radius 3 is 1.62 bits per heavy atom. The van der Waals surface area contributed by atoms with E-state index in [1.54, 1.807) is 61.1 Å². The molecule has 3 aliphatic heterocycles. The molecule has 19 heteroatoms. The van der Waals surface area contributed by atoms with E-state index in [9.17, 15) is 14.4 Å². The molecule has 4 atom stereocenters. The summed E-state index contributed by atoms with van der Waals surface area (Å²) in [5, 5.41) is 13.3. The summed E-state index contributed by atoms with van der Waals surface area (Å²) in [5.74, 6) is 4.70. The van der Waals surface area contributed by atoms with Crippen LogP contribution >= 0.6 is 11.3 Å². The molecule has 6 aromatic heterocycles. The Labute approximate surface area is 470 Å². The number of carbonyl (C=O) groups excluding carboxylic acids is 3. The number of piperazine rings is 3. The largest absolute Gasteiger partial charge is 0.383 e. The maximum atomic E-state index is 12.9. The van der Waals surface area contributed by atoms with E-state index in [4.69, 9.17) is 17.2 Å². The smallest absolute Gasteiger partial charge is 0.225 e. The number of nitrogens with one attached hydrogen (secondary N) is 3. The van der Waals surface area contributed by atoms with Crippen LogP contribution in [0.4, 0.5) is 34.9 Å². The minimum atomic E-state index is -0.188. The molecule has 0 unspecified atom stereocenters. The lowest BCUT2D eigenvalue weighted by Crippen LogP contribution is -2.57. The lowest BCUT2D eigenvalue weighted by Gasteiger charge is -2.40. The maximum absolute atomic E-state index is 12.9. The molecule has 0 aromatic carbocycles. The van der Waals surface area contributed by atoms with Gasteiger partial charge in [-0.3, -0.25) is 14.4 Å². The topological polar surface area (TPSA) is 252 Å². The molecule has 9 heterocycles. The van der Waals surface area contributed by atoms with Crippen LogP contribution in [0.5, 0.6) is 0 Å². The molecule has 3 aliphatic rings. The molecule has 9 N–H and O–H groups in total. The quantitative estimate of drug-likeness (QED) is 0.0466. The summed E-state index contributed by atoms with van der Waals surface area (Å²) in [7, 11) is 0. The fourth-order valence-corrected chi connectivity index (χ4v) is 11.2. The third kappa shape index (κ3) is 16.3. The Kier molecular flexibility index (Phi) is 21.2. The highest BCUT2D eigenvalue weighted by Gasteiger charge is 2.29. The standard InChI is InChI=1S/C22H31N5O.C20H27N5O.C17H23N5OS.4H2/c1-4-7-16-13-27(14-17(25-16)12-15(2)3)20-10-5-9-19(26-20)21(28)18-8-6-11-24-22(18)23;1-13(2)9-15-12-25(8-7-22-15)18-11-14(3)10-17(24-18)19(26)16-5-4-6-23-20(16)21;1-11(2)8-12-9-22(7-6-19-12)14-10-24-17(21-14)15(23)13-4-3-5-20-16(13)18;;;;/h5-6,8-11,15-17,25H,4,7,12-14H2,1-3H3,(H2,23,24);4-6,10-11,13,15,22H,7-9,12H2,1-3H3,(H2,21,23);3-5,10-12,19H,6-9H2,1-2H3,(H2,18,20);4*1H/t16-,17+;15-;12-;;;;/m100..../s1. The van der Waals surface area contributed by atoms with Gasteiger partial charge in [-0.15, -0.1) is 11.3 Å². The van der Waals surface area contributed by atoms with E-state index in [0.29, 0.717) is 75.0 Å². The molecule has 0 radical (unpaired) electrons. The van der Waals surface area contributed by atoms with Gasteiger partial charge < -0.3 is 47.9 Å². The molecule has 424 valence electrons. The lowest BCUT2D eigenvalue weighted by atomic mass is 9.98. The maximum Gasteiger partial charge on any atom is 0.225 e. The van der Waals surface area contributed by atoms with Crippen LogP contribution in [-0.4, -0.2) is 124 Å². The summed E-state index contributed by atoms with van der Waals surface area (Å²) in [5.41, 5.74) is 20.6. The Morgan fingerprint density at radius 2 is 1.08 bits per heavy atom. The summed E-state index contributed by atoms with van der Waals surface area (Å²) >= 11 is 1.36. The van der Waals surface area contributed by atoms with Gasteiger partial charge in [-0.1, -0.05) is 61.0 Å². The lowest BCUT2D eigenvalue weighted by molar-refractivity contribution is 0.102. The van der Waals surface area contributed by atoms with Crippen LogP contribution in [0.1, 0.15) is 139 Å². The predicted molar refractivity (Wildman–Crippen MR) is 324 cm³/mol. The molecule has 0 amide bonds. The van der Waals surface area contributed by atoms with E-state index >= 15 is 0 Å². The molecule has 0 spiro atoms. The van der Waals surface area contributed by atoms with Gasteiger partial charge in [-0.2, -0.15) is 0 Å². The van der Waals surface area contributed by atoms with Crippen molar-refractivity contribution in [1.82, 2.24) is 45.9 Å². The molecule has 3 fully saturated rings. The first kappa shape index (κ1) is 58.7. The number of aromatic nitrogens is 6. The second-order valence-electron chi connectivity index (χ2n) is 21.9. The van der Waals surface area contributed by atoms with Crippen molar-refractivity contribution in [2.45, 2.75) is 112 Å². The second kappa shape index (κ2) is 28.1. The highest BCUT2D eigenvalue weighted by Crippen LogP contribution is 2.26. The molecule has 0 bridgehead atoms. The monoisotopic (exact) mass is 1090 g/mol. The Hall–Kier alpha value is -6.93. The van der Waals surface area contributed by atoms with Crippen LogP contribution in [0.15, 0.2) is 90.7 Å². The van der Waals surface area contributed by atoms with Crippen LogP contribution in [0.25, 0.3) is 0 Å². The zero-order chi connectivity index (χ0) is 55.9. The van der Waals surface area contributed by atoms with E-state index < -0.39 is 0 Å². The first-order valence-corrected chi connectivity index (χ1v) is 28.5. The van der Waals surface area contributed by atoms with Gasteiger partial charge in [0.05, 0.1) is 16.7 Å². The molecule has 78 heavy (non-hydrogen) atoms. The molecule has 9 rings (SSSR count). The SMILES string of the molecule is CC(C)C[C@H]1CN(c2csc(C(=O)c3cccnc3N)n2)CCN1.CCC[C@@H]1CN(c2cccc(C(=O)c3cccnc3N)n2)C[C@H](CC(C)C)N1.Cc1cc(C(=O)c2cccnc2N)nc(N2CCN[C@@H](CC(C)C)C2)c1.[HH].[HH].[HH].[HH]. The van der Waals surface area contributed by atoms with E-state index in [-0.39, 0.29) is 40.5 Å². The van der Waals surface area contributed by atoms with Crippen LogP contribution in [0, 0.1) is 24.7 Å². The second-order valence-corrected chi connectivity index (χ2v) is 22.8. The van der Waals surface area contributed by atoms with Crippen LogP contribution in [0.2, 0.25) is 0 Å². The first-order valence-electron chi connectivity index (χ1n) is 27.6. The van der Waals surface area contributed by atoms with Gasteiger partial charge in [-0.05, 0) is 117 Å². The summed E-state index contributed by atoms with van der Waals surface area (Å²) in [6, 6.07) is 21.5. The van der Waals surface area contributed by atoms with Gasteiger partial charge >= 0.3 is 0 Å². The van der Waals surface area contributed by atoms with Crippen molar-refractivity contribution >= 4 is 63.6 Å². The summed E-state index contributed by atoms with van der Waals surface area (Å²) < 4.78 is 0. The van der Waals surface area contributed by atoms with Crippen molar-refractivity contribution in [2.24, 2.45) is 17.8 Å². The molecule has 0 aliphatic carbocycles. The van der Waals surface area contributed by atoms with E-state index in [0.717, 1.165) is 107 Å². The molecular formula is C59H89N15O3S. The number of pyridine rings is 5. The third-order valence-electron chi connectivity index (χ3n) is 13.8. The zero-order valence-electron chi connectivity index (χ0n) is 46.8. The number of thiazole rings is 1. The van der Waals surface area contributed by atoms with Crippen molar-refractivity contribution < 1.29 is 20.1 Å². The number of hydrogen-bond donors (Lipinski definition) is 6. The number of ketones is 3. The highest BCUT2D eigenvalue weighted by molar-refractivity contribution is 7.12. The average molecular weight is 1090 g/mol. The fourth-order valence-electron chi connectivity index (χ4n) is 10.4. The van der Waals surface area contributed by atoms with Gasteiger partial charge in [0.15, 0.2) is 5.01 Å². The molecule has 18 nitrogen and oxygen atoms in total. The number of nitrogens with zero attached hydrogens (tertiary/aromatic N) is 9. The number of carbonyl (C=O) groups is 3. The summed E-state index contributed by atoms with van der Waals surface area (Å²) in [6.45, 7) is 24.9. The van der Waals surface area contributed by atoms with Crippen molar-refractivity contribution in [3.8, 4) is 0 Å². The van der Waals surface area contributed by atoms with Crippen LogP contribution in [0.3, 0.4) is 0 Å². The summed E-state index contributed by atoms with van der Waals surface area (Å²) in [6.07, 6.45) is 10.4. The van der Waals surface area contributed by atoms with Gasteiger partial charge in [0.2, 0.25) is 17.3 Å². The molecule has 0 saturated carbocycles. The van der Waals surface area contributed by atoms with Crippen LogP contribution < -0.4 is 47.9 Å².